The van der Waals surface area contributed by atoms with E-state index in [1.807, 2.05) is 6.20 Å². The SMILES string of the molecule is CC(C)[Si](C(C)C)(C(C)C)n1ccc2c(CC3CC[C@@H](N(Cc4ccccc4)Cc4ccccc4)C3)c(Cl)cnc21. The van der Waals surface area contributed by atoms with E-state index < -0.39 is 8.24 Å². The molecule has 1 aliphatic carbocycles. The van der Waals surface area contributed by atoms with Crippen LogP contribution in [0.3, 0.4) is 0 Å². The van der Waals surface area contributed by atoms with Crippen LogP contribution in [-0.4, -0.2) is 28.4 Å². The molecule has 1 saturated carbocycles. The topological polar surface area (TPSA) is 21.1 Å². The van der Waals surface area contributed by atoms with Gasteiger partial charge in [-0.25, -0.2) is 4.98 Å². The summed E-state index contributed by atoms with van der Waals surface area (Å²) in [5.41, 5.74) is 7.09. The molecule has 2 aromatic carbocycles. The van der Waals surface area contributed by atoms with Crippen molar-refractivity contribution < 1.29 is 0 Å². The molecule has 218 valence electrons. The normalized spacial score (nSPS) is 18.0. The second-order valence-electron chi connectivity index (χ2n) is 13.3. The van der Waals surface area contributed by atoms with Crippen LogP contribution in [0.15, 0.2) is 79.1 Å². The summed E-state index contributed by atoms with van der Waals surface area (Å²) < 4.78 is 2.63. The summed E-state index contributed by atoms with van der Waals surface area (Å²) in [6.45, 7) is 16.5. The molecule has 1 fully saturated rings. The quantitative estimate of drug-likeness (QED) is 0.163. The second-order valence-corrected chi connectivity index (χ2v) is 19.4. The van der Waals surface area contributed by atoms with Crippen molar-refractivity contribution in [3.05, 3.63) is 101 Å². The summed E-state index contributed by atoms with van der Waals surface area (Å²) >= 11 is 6.94. The molecule has 2 heterocycles. The molecule has 2 aromatic heterocycles. The highest BCUT2D eigenvalue weighted by Crippen LogP contribution is 2.45. The standard InChI is InChI=1S/C36H48ClN3Si/c1-26(2)41(27(3)4,28(5)6)40-20-19-33-34(35(37)23-38-36(33)40)22-31-17-18-32(21-31)39(24-29-13-9-7-10-14-29)25-30-15-11-8-12-16-30/h7-16,19-20,23,26-28,31-32H,17-18,21-22,24-25H2,1-6H3/t31?,32-/m1/s1. The van der Waals surface area contributed by atoms with Crippen molar-refractivity contribution in [3.63, 3.8) is 0 Å². The van der Waals surface area contributed by atoms with E-state index in [2.05, 4.69) is 124 Å². The lowest BCUT2D eigenvalue weighted by Gasteiger charge is -2.44. The number of hydrogen-bond acceptors (Lipinski definition) is 2. The van der Waals surface area contributed by atoms with Crippen LogP contribution >= 0.6 is 11.6 Å². The highest BCUT2D eigenvalue weighted by Gasteiger charge is 2.46. The first kappa shape index (κ1) is 30.1. The van der Waals surface area contributed by atoms with E-state index in [4.69, 9.17) is 16.6 Å². The third-order valence-corrected chi connectivity index (χ3v) is 17.0. The molecule has 0 amide bonds. The summed E-state index contributed by atoms with van der Waals surface area (Å²) in [6.07, 6.45) is 9.00. The molecule has 41 heavy (non-hydrogen) atoms. The third kappa shape index (κ3) is 6.07. The van der Waals surface area contributed by atoms with Gasteiger partial charge in [-0.05, 0) is 77.2 Å². The number of aromatic nitrogens is 2. The number of pyridine rings is 1. The monoisotopic (exact) mass is 585 g/mol. The van der Waals surface area contributed by atoms with Gasteiger partial charge in [-0.2, -0.15) is 0 Å². The van der Waals surface area contributed by atoms with Gasteiger partial charge in [0.05, 0.1) is 5.02 Å². The average molecular weight is 586 g/mol. The molecule has 5 heteroatoms. The molecular formula is C36H48ClN3Si. The first-order valence-corrected chi connectivity index (χ1v) is 18.2. The van der Waals surface area contributed by atoms with Gasteiger partial charge in [0.2, 0.25) is 0 Å². The Balaban J connectivity index is 1.40. The van der Waals surface area contributed by atoms with Crippen LogP contribution in [0.4, 0.5) is 0 Å². The molecule has 5 rings (SSSR count). The summed E-state index contributed by atoms with van der Waals surface area (Å²) in [5, 5.41) is 2.10. The van der Waals surface area contributed by atoms with Gasteiger partial charge in [0.1, 0.15) is 5.65 Å². The zero-order valence-corrected chi connectivity index (χ0v) is 27.6. The van der Waals surface area contributed by atoms with Crippen LogP contribution in [-0.2, 0) is 19.5 Å². The highest BCUT2D eigenvalue weighted by molar-refractivity contribution is 6.82. The minimum Gasteiger partial charge on any atom is -0.359 e. The molecule has 0 radical (unpaired) electrons. The van der Waals surface area contributed by atoms with Gasteiger partial charge < -0.3 is 4.23 Å². The lowest BCUT2D eigenvalue weighted by atomic mass is 9.96. The van der Waals surface area contributed by atoms with Crippen molar-refractivity contribution in [1.82, 2.24) is 14.1 Å². The number of nitrogens with zero attached hydrogens (tertiary/aromatic N) is 3. The van der Waals surface area contributed by atoms with Gasteiger partial charge in [0.25, 0.3) is 0 Å². The van der Waals surface area contributed by atoms with Crippen LogP contribution in [0.25, 0.3) is 11.0 Å². The first-order valence-electron chi connectivity index (χ1n) is 15.7. The molecule has 1 aliphatic rings. The Bertz CT molecular complexity index is 1350. The molecular weight excluding hydrogens is 538 g/mol. The maximum atomic E-state index is 6.94. The lowest BCUT2D eigenvalue weighted by molar-refractivity contribution is 0.176. The number of halogens is 1. The van der Waals surface area contributed by atoms with Crippen LogP contribution < -0.4 is 0 Å². The Labute approximate surface area is 254 Å². The molecule has 2 atom stereocenters. The van der Waals surface area contributed by atoms with E-state index in [1.165, 1.54) is 41.3 Å². The zero-order valence-electron chi connectivity index (χ0n) is 25.9. The van der Waals surface area contributed by atoms with E-state index in [0.717, 1.165) is 30.2 Å². The van der Waals surface area contributed by atoms with Gasteiger partial charge in [-0.15, -0.1) is 0 Å². The fraction of sp³-hybridized carbons (Fsp3) is 0.472. The summed E-state index contributed by atoms with van der Waals surface area (Å²) in [7, 11) is -1.90. The van der Waals surface area contributed by atoms with Gasteiger partial charge in [-0.1, -0.05) is 114 Å². The zero-order chi connectivity index (χ0) is 29.1. The van der Waals surface area contributed by atoms with Crippen molar-refractivity contribution in [2.45, 2.75) is 103 Å². The molecule has 0 N–H and O–H groups in total. The predicted molar refractivity (Wildman–Crippen MR) is 178 cm³/mol. The van der Waals surface area contributed by atoms with Crippen LogP contribution in [0.2, 0.25) is 21.6 Å². The average Bonchev–Trinajstić information content (AvgIpc) is 3.59. The van der Waals surface area contributed by atoms with Gasteiger partial charge >= 0.3 is 0 Å². The van der Waals surface area contributed by atoms with Crippen molar-refractivity contribution >= 4 is 30.9 Å². The molecule has 0 bridgehead atoms. The Morgan fingerprint density at radius 1 is 0.829 bits per heavy atom. The summed E-state index contributed by atoms with van der Waals surface area (Å²) in [5.74, 6) is 0.628. The first-order chi connectivity index (χ1) is 19.7. The molecule has 0 saturated heterocycles. The van der Waals surface area contributed by atoms with Gasteiger partial charge in [0.15, 0.2) is 8.24 Å². The largest absolute Gasteiger partial charge is 0.359 e. The van der Waals surface area contributed by atoms with Crippen LogP contribution in [0, 0.1) is 5.92 Å². The fourth-order valence-corrected chi connectivity index (χ4v) is 15.0. The number of rotatable bonds is 11. The maximum absolute atomic E-state index is 6.94. The number of fused-ring (bicyclic) bond motifs is 1. The Hall–Kier alpha value is -2.40. The molecule has 4 aromatic rings. The summed E-state index contributed by atoms with van der Waals surface area (Å²) in [4.78, 5) is 7.69. The van der Waals surface area contributed by atoms with Crippen molar-refractivity contribution in [2.75, 3.05) is 0 Å². The van der Waals surface area contributed by atoms with Crippen molar-refractivity contribution in [1.29, 1.82) is 0 Å². The van der Waals surface area contributed by atoms with Crippen molar-refractivity contribution in [3.8, 4) is 0 Å². The fourth-order valence-electron chi connectivity index (χ4n) is 8.27. The Kier molecular flexibility index (Phi) is 9.42. The predicted octanol–water partition coefficient (Wildman–Crippen LogP) is 10.1. The Morgan fingerprint density at radius 2 is 1.39 bits per heavy atom. The number of hydrogen-bond donors (Lipinski definition) is 0. The lowest BCUT2D eigenvalue weighted by Crippen LogP contribution is -2.51. The number of benzene rings is 2. The molecule has 3 nitrogen and oxygen atoms in total. The van der Waals surface area contributed by atoms with Crippen LogP contribution in [0.1, 0.15) is 77.5 Å². The van der Waals surface area contributed by atoms with E-state index in [9.17, 15) is 0 Å². The maximum Gasteiger partial charge on any atom is 0.171 e. The smallest absolute Gasteiger partial charge is 0.171 e. The van der Waals surface area contributed by atoms with E-state index in [0.29, 0.717) is 28.6 Å². The molecule has 0 spiro atoms. The summed E-state index contributed by atoms with van der Waals surface area (Å²) in [6, 6.07) is 24.8. The van der Waals surface area contributed by atoms with E-state index >= 15 is 0 Å². The minimum atomic E-state index is -1.90. The van der Waals surface area contributed by atoms with E-state index in [1.54, 1.807) is 0 Å². The minimum absolute atomic E-state index is 0.573. The molecule has 1 unspecified atom stereocenters. The third-order valence-electron chi connectivity index (χ3n) is 9.94. The van der Waals surface area contributed by atoms with Gasteiger partial charge in [-0.3, -0.25) is 4.90 Å². The van der Waals surface area contributed by atoms with Gasteiger partial charge in [0, 0.05) is 30.7 Å². The van der Waals surface area contributed by atoms with E-state index in [-0.39, 0.29) is 0 Å². The second kappa shape index (κ2) is 12.9. The van der Waals surface area contributed by atoms with Crippen LogP contribution in [0.5, 0.6) is 0 Å². The Morgan fingerprint density at radius 3 is 1.93 bits per heavy atom. The van der Waals surface area contributed by atoms with Crippen molar-refractivity contribution in [2.24, 2.45) is 5.92 Å². The molecule has 0 aliphatic heterocycles. The highest BCUT2D eigenvalue weighted by atomic mass is 35.5.